The van der Waals surface area contributed by atoms with E-state index in [1.165, 1.54) is 0 Å². The van der Waals surface area contributed by atoms with Gasteiger partial charge in [-0.2, -0.15) is 0 Å². The predicted octanol–water partition coefficient (Wildman–Crippen LogP) is 2.54. The van der Waals surface area contributed by atoms with E-state index in [4.69, 9.17) is 10.8 Å². The number of hydrogen-bond acceptors (Lipinski definition) is 3. The quantitative estimate of drug-likeness (QED) is 0.578. The number of amides is 1. The van der Waals surface area contributed by atoms with E-state index in [-0.39, 0.29) is 23.8 Å². The van der Waals surface area contributed by atoms with Gasteiger partial charge in [-0.15, -0.1) is 0 Å². The van der Waals surface area contributed by atoms with Crippen molar-refractivity contribution >= 4 is 11.9 Å². The largest absolute Gasteiger partial charge is 0.481 e. The smallest absolute Gasteiger partial charge is 0.303 e. The number of nitrogens with one attached hydrogen (secondary N) is 1. The molecule has 2 unspecified atom stereocenters. The van der Waals surface area contributed by atoms with E-state index in [2.05, 4.69) is 26.1 Å². The van der Waals surface area contributed by atoms with Crippen molar-refractivity contribution in [2.75, 3.05) is 6.54 Å². The Kier molecular flexibility index (Phi) is 9.26. The Morgan fingerprint density at radius 2 is 1.76 bits per heavy atom. The van der Waals surface area contributed by atoms with Gasteiger partial charge in [-0.1, -0.05) is 20.8 Å². The molecule has 5 heteroatoms. The molecule has 0 aliphatic heterocycles. The summed E-state index contributed by atoms with van der Waals surface area (Å²) < 4.78 is 0. The average Bonchev–Trinajstić information content (AvgIpc) is 2.32. The van der Waals surface area contributed by atoms with Crippen LogP contribution in [-0.4, -0.2) is 29.6 Å². The molecule has 0 saturated carbocycles. The second-order valence-electron chi connectivity index (χ2n) is 6.93. The molecule has 0 radical (unpaired) electrons. The second kappa shape index (κ2) is 9.77. The van der Waals surface area contributed by atoms with Gasteiger partial charge < -0.3 is 16.2 Å². The fourth-order valence-electron chi connectivity index (χ4n) is 2.50. The van der Waals surface area contributed by atoms with E-state index in [9.17, 15) is 9.59 Å². The van der Waals surface area contributed by atoms with Gasteiger partial charge in [0.1, 0.15) is 0 Å². The minimum Gasteiger partial charge on any atom is -0.481 e. The van der Waals surface area contributed by atoms with E-state index >= 15 is 0 Å². The van der Waals surface area contributed by atoms with Crippen LogP contribution in [0.5, 0.6) is 0 Å². The number of rotatable bonds is 10. The maximum atomic E-state index is 11.9. The summed E-state index contributed by atoms with van der Waals surface area (Å²) in [5.41, 5.74) is 5.80. The van der Waals surface area contributed by atoms with Crippen molar-refractivity contribution in [3.05, 3.63) is 0 Å². The van der Waals surface area contributed by atoms with Gasteiger partial charge in [0.2, 0.25) is 5.91 Å². The third-order valence-corrected chi connectivity index (χ3v) is 3.89. The Morgan fingerprint density at radius 3 is 2.24 bits per heavy atom. The van der Waals surface area contributed by atoms with Gasteiger partial charge >= 0.3 is 5.97 Å². The van der Waals surface area contributed by atoms with Crippen molar-refractivity contribution < 1.29 is 14.7 Å². The molecule has 0 rings (SSSR count). The van der Waals surface area contributed by atoms with Gasteiger partial charge in [-0.05, 0) is 50.5 Å². The van der Waals surface area contributed by atoms with Crippen LogP contribution in [0.1, 0.15) is 66.2 Å². The molecule has 2 atom stereocenters. The average molecular weight is 300 g/mol. The van der Waals surface area contributed by atoms with Crippen LogP contribution in [0.4, 0.5) is 0 Å². The first-order valence-corrected chi connectivity index (χ1v) is 7.88. The summed E-state index contributed by atoms with van der Waals surface area (Å²) in [5, 5.41) is 11.5. The third kappa shape index (κ3) is 10.3. The number of hydrogen-bond donors (Lipinski definition) is 3. The van der Waals surface area contributed by atoms with Crippen LogP contribution < -0.4 is 11.1 Å². The molecular weight excluding hydrogens is 268 g/mol. The maximum absolute atomic E-state index is 11.9. The lowest BCUT2D eigenvalue weighted by atomic mass is 9.76. The zero-order chi connectivity index (χ0) is 16.5. The molecule has 4 N–H and O–H groups in total. The molecule has 0 spiro atoms. The van der Waals surface area contributed by atoms with Crippen molar-refractivity contribution in [1.82, 2.24) is 5.32 Å². The van der Waals surface area contributed by atoms with E-state index in [1.54, 1.807) is 0 Å². The molecule has 0 saturated heterocycles. The molecule has 0 aromatic rings. The summed E-state index contributed by atoms with van der Waals surface area (Å²) in [5.74, 6) is -0.303. The van der Waals surface area contributed by atoms with E-state index < -0.39 is 5.97 Å². The van der Waals surface area contributed by atoms with Crippen molar-refractivity contribution in [3.8, 4) is 0 Å². The standard InChI is InChI=1S/C16H32N2O3/c1-12(6-5-7-15(20)21)18-14(19)9-8-13(10-11-17)16(2,3)4/h12-13H,5-11,17H2,1-4H3,(H,18,19)(H,20,21). The lowest BCUT2D eigenvalue weighted by Crippen LogP contribution is -2.33. The molecule has 5 nitrogen and oxygen atoms in total. The topological polar surface area (TPSA) is 92.4 Å². The minimum absolute atomic E-state index is 0.0273. The fraction of sp³-hybridized carbons (Fsp3) is 0.875. The maximum Gasteiger partial charge on any atom is 0.303 e. The molecule has 0 heterocycles. The lowest BCUT2D eigenvalue weighted by molar-refractivity contribution is -0.137. The molecule has 0 fully saturated rings. The van der Waals surface area contributed by atoms with Crippen LogP contribution in [0, 0.1) is 11.3 Å². The second-order valence-corrected chi connectivity index (χ2v) is 6.93. The van der Waals surface area contributed by atoms with E-state index in [0.29, 0.717) is 31.7 Å². The van der Waals surface area contributed by atoms with Crippen LogP contribution in [-0.2, 0) is 9.59 Å². The molecule has 21 heavy (non-hydrogen) atoms. The van der Waals surface area contributed by atoms with Gasteiger partial charge in [0.25, 0.3) is 0 Å². The van der Waals surface area contributed by atoms with Crippen molar-refractivity contribution in [2.45, 2.75) is 72.3 Å². The first-order valence-electron chi connectivity index (χ1n) is 7.88. The van der Waals surface area contributed by atoms with Crippen LogP contribution in [0.15, 0.2) is 0 Å². The Labute approximate surface area is 128 Å². The number of carbonyl (C=O) groups excluding carboxylic acids is 1. The lowest BCUT2D eigenvalue weighted by Gasteiger charge is -2.30. The monoisotopic (exact) mass is 300 g/mol. The molecule has 0 aliphatic rings. The zero-order valence-corrected chi connectivity index (χ0v) is 13.9. The number of carbonyl (C=O) groups is 2. The normalized spacial score (nSPS) is 14.5. The van der Waals surface area contributed by atoms with Crippen LogP contribution in [0.2, 0.25) is 0 Å². The van der Waals surface area contributed by atoms with E-state index in [0.717, 1.165) is 12.8 Å². The highest BCUT2D eigenvalue weighted by Crippen LogP contribution is 2.32. The fourth-order valence-corrected chi connectivity index (χ4v) is 2.50. The number of carboxylic acids is 1. The number of aliphatic carboxylic acids is 1. The van der Waals surface area contributed by atoms with Gasteiger partial charge in [-0.25, -0.2) is 0 Å². The Morgan fingerprint density at radius 1 is 1.14 bits per heavy atom. The Hall–Kier alpha value is -1.10. The van der Waals surface area contributed by atoms with Gasteiger partial charge in [0, 0.05) is 18.9 Å². The summed E-state index contributed by atoms with van der Waals surface area (Å²) in [4.78, 5) is 22.4. The molecule has 0 aromatic heterocycles. The molecule has 0 bridgehead atoms. The van der Waals surface area contributed by atoms with E-state index in [1.807, 2.05) is 6.92 Å². The van der Waals surface area contributed by atoms with Crippen molar-refractivity contribution in [3.63, 3.8) is 0 Å². The predicted molar refractivity (Wildman–Crippen MR) is 84.9 cm³/mol. The SMILES string of the molecule is CC(CCCC(=O)O)NC(=O)CCC(CCN)C(C)(C)C. The summed E-state index contributed by atoms with van der Waals surface area (Å²) in [6, 6.07) is 0.0273. The number of nitrogens with two attached hydrogens (primary N) is 1. The summed E-state index contributed by atoms with van der Waals surface area (Å²) in [6.07, 6.45) is 3.73. The first-order chi connectivity index (χ1) is 9.66. The highest BCUT2D eigenvalue weighted by molar-refractivity contribution is 5.76. The van der Waals surface area contributed by atoms with Crippen LogP contribution in [0.25, 0.3) is 0 Å². The van der Waals surface area contributed by atoms with Crippen LogP contribution >= 0.6 is 0 Å². The summed E-state index contributed by atoms with van der Waals surface area (Å²) >= 11 is 0. The Bertz CT molecular complexity index is 324. The number of carboxylic acid groups (broad SMARTS) is 1. The van der Waals surface area contributed by atoms with Crippen molar-refractivity contribution in [2.24, 2.45) is 17.1 Å². The van der Waals surface area contributed by atoms with Gasteiger partial charge in [0.15, 0.2) is 0 Å². The molecule has 1 amide bonds. The summed E-state index contributed by atoms with van der Waals surface area (Å²) in [6.45, 7) is 9.11. The minimum atomic E-state index is -0.789. The molecule has 124 valence electrons. The van der Waals surface area contributed by atoms with Crippen LogP contribution in [0.3, 0.4) is 0 Å². The van der Waals surface area contributed by atoms with Gasteiger partial charge in [0.05, 0.1) is 0 Å². The third-order valence-electron chi connectivity index (χ3n) is 3.89. The van der Waals surface area contributed by atoms with Crippen molar-refractivity contribution in [1.29, 1.82) is 0 Å². The van der Waals surface area contributed by atoms with Gasteiger partial charge in [-0.3, -0.25) is 9.59 Å². The molecule has 0 aliphatic carbocycles. The summed E-state index contributed by atoms with van der Waals surface area (Å²) in [7, 11) is 0. The Balaban J connectivity index is 4.04. The molecular formula is C16H32N2O3. The molecule has 0 aromatic carbocycles. The highest BCUT2D eigenvalue weighted by atomic mass is 16.4. The zero-order valence-electron chi connectivity index (χ0n) is 13.9. The first kappa shape index (κ1) is 19.9. The highest BCUT2D eigenvalue weighted by Gasteiger charge is 2.24.